The highest BCUT2D eigenvalue weighted by Crippen LogP contribution is 2.17. The molecule has 0 saturated heterocycles. The van der Waals surface area contributed by atoms with Crippen molar-refractivity contribution in [2.75, 3.05) is 0 Å². The van der Waals surface area contributed by atoms with Crippen LogP contribution in [0.4, 0.5) is 0 Å². The van der Waals surface area contributed by atoms with E-state index < -0.39 is 10.0 Å². The Balaban J connectivity index is 3.06. The average molecular weight is 231 g/mol. The molecule has 1 aromatic carbocycles. The van der Waals surface area contributed by atoms with Gasteiger partial charge in [-0.3, -0.25) is 0 Å². The summed E-state index contributed by atoms with van der Waals surface area (Å²) in [5.74, 6) is -0.279. The Labute approximate surface area is 87.0 Å². The van der Waals surface area contributed by atoms with Gasteiger partial charge in [-0.2, -0.15) is 5.26 Å². The SMILES string of the molecule is N#Cc1ccc(CS(N)(=O)=O)cc1Cl. The van der Waals surface area contributed by atoms with E-state index in [1.807, 2.05) is 6.07 Å². The summed E-state index contributed by atoms with van der Waals surface area (Å²) >= 11 is 5.70. The van der Waals surface area contributed by atoms with Crippen molar-refractivity contribution in [2.24, 2.45) is 5.14 Å². The zero-order chi connectivity index (χ0) is 10.8. The fraction of sp³-hybridized carbons (Fsp3) is 0.125. The second-order valence-electron chi connectivity index (χ2n) is 2.73. The van der Waals surface area contributed by atoms with Gasteiger partial charge in [0, 0.05) is 0 Å². The molecule has 0 atom stereocenters. The molecule has 4 nitrogen and oxygen atoms in total. The monoisotopic (exact) mass is 230 g/mol. The van der Waals surface area contributed by atoms with Gasteiger partial charge in [-0.25, -0.2) is 13.6 Å². The van der Waals surface area contributed by atoms with Gasteiger partial charge in [0.1, 0.15) is 6.07 Å². The van der Waals surface area contributed by atoms with Crippen molar-refractivity contribution in [1.29, 1.82) is 5.26 Å². The molecule has 0 aliphatic rings. The van der Waals surface area contributed by atoms with Gasteiger partial charge in [-0.15, -0.1) is 0 Å². The zero-order valence-electron chi connectivity index (χ0n) is 7.07. The summed E-state index contributed by atoms with van der Waals surface area (Å²) in [6.45, 7) is 0. The lowest BCUT2D eigenvalue weighted by molar-refractivity contribution is 0.597. The second-order valence-corrected chi connectivity index (χ2v) is 4.75. The van der Waals surface area contributed by atoms with Crippen LogP contribution in [-0.4, -0.2) is 8.42 Å². The van der Waals surface area contributed by atoms with Crippen LogP contribution in [0.2, 0.25) is 5.02 Å². The molecule has 0 unspecified atom stereocenters. The van der Waals surface area contributed by atoms with E-state index in [0.717, 1.165) is 0 Å². The summed E-state index contributed by atoms with van der Waals surface area (Å²) in [7, 11) is -3.56. The lowest BCUT2D eigenvalue weighted by Gasteiger charge is -2.00. The van der Waals surface area contributed by atoms with Gasteiger partial charge in [0.15, 0.2) is 0 Å². The third-order valence-electron chi connectivity index (χ3n) is 1.52. The highest BCUT2D eigenvalue weighted by Gasteiger charge is 2.07. The number of nitrogens with two attached hydrogens (primary N) is 1. The van der Waals surface area contributed by atoms with Crippen molar-refractivity contribution in [3.63, 3.8) is 0 Å². The number of halogens is 1. The molecule has 1 aromatic rings. The molecule has 14 heavy (non-hydrogen) atoms. The smallest absolute Gasteiger partial charge is 0.213 e. The number of nitrogens with zero attached hydrogens (tertiary/aromatic N) is 1. The van der Waals surface area contributed by atoms with Crippen molar-refractivity contribution < 1.29 is 8.42 Å². The molecule has 1 rings (SSSR count). The van der Waals surface area contributed by atoms with E-state index in [2.05, 4.69) is 0 Å². The number of sulfonamides is 1. The average Bonchev–Trinajstić information content (AvgIpc) is 2.01. The van der Waals surface area contributed by atoms with Crippen molar-refractivity contribution in [3.8, 4) is 6.07 Å². The van der Waals surface area contributed by atoms with E-state index in [1.54, 1.807) is 0 Å². The molecule has 0 amide bonds. The van der Waals surface area contributed by atoms with Crippen LogP contribution in [0.1, 0.15) is 11.1 Å². The van der Waals surface area contributed by atoms with E-state index in [0.29, 0.717) is 11.1 Å². The number of primary sulfonamides is 1. The van der Waals surface area contributed by atoms with E-state index in [1.165, 1.54) is 18.2 Å². The Hall–Kier alpha value is -1.09. The van der Waals surface area contributed by atoms with E-state index in [-0.39, 0.29) is 10.8 Å². The molecule has 74 valence electrons. The van der Waals surface area contributed by atoms with Crippen LogP contribution in [0.25, 0.3) is 0 Å². The summed E-state index contributed by atoms with van der Waals surface area (Å²) in [4.78, 5) is 0. The van der Waals surface area contributed by atoms with Crippen LogP contribution in [-0.2, 0) is 15.8 Å². The number of benzene rings is 1. The van der Waals surface area contributed by atoms with E-state index >= 15 is 0 Å². The Morgan fingerprint density at radius 1 is 1.50 bits per heavy atom. The largest absolute Gasteiger partial charge is 0.228 e. The van der Waals surface area contributed by atoms with Crippen molar-refractivity contribution in [2.45, 2.75) is 5.75 Å². The van der Waals surface area contributed by atoms with Gasteiger partial charge in [-0.05, 0) is 17.7 Å². The molecule has 0 bridgehead atoms. The summed E-state index contributed by atoms with van der Waals surface area (Å²) in [5, 5.41) is 13.6. The minimum absolute atomic E-state index is 0.230. The van der Waals surface area contributed by atoms with Gasteiger partial charge in [0.25, 0.3) is 0 Å². The molecule has 2 N–H and O–H groups in total. The third kappa shape index (κ3) is 3.00. The summed E-state index contributed by atoms with van der Waals surface area (Å²) in [6.07, 6.45) is 0. The summed E-state index contributed by atoms with van der Waals surface area (Å²) in [5.41, 5.74) is 0.779. The van der Waals surface area contributed by atoms with E-state index in [9.17, 15) is 8.42 Å². The number of hydrogen-bond acceptors (Lipinski definition) is 3. The molecule has 0 aromatic heterocycles. The first kappa shape index (κ1) is 11.0. The van der Waals surface area contributed by atoms with Crippen LogP contribution < -0.4 is 5.14 Å². The third-order valence-corrected chi connectivity index (χ3v) is 2.57. The van der Waals surface area contributed by atoms with Gasteiger partial charge < -0.3 is 0 Å². The summed E-state index contributed by atoms with van der Waals surface area (Å²) < 4.78 is 21.5. The standard InChI is InChI=1S/C8H7ClN2O2S/c9-8-3-6(5-14(11,12)13)1-2-7(8)4-10/h1-3H,5H2,(H2,11,12,13). The Bertz CT molecular complexity index is 491. The number of rotatable bonds is 2. The maximum Gasteiger partial charge on any atom is 0.213 e. The van der Waals surface area contributed by atoms with E-state index in [4.69, 9.17) is 22.0 Å². The molecule has 0 aliphatic heterocycles. The zero-order valence-corrected chi connectivity index (χ0v) is 8.64. The molecule has 0 spiro atoms. The first-order valence-corrected chi connectivity index (χ1v) is 5.71. The second kappa shape index (κ2) is 3.96. The molecule has 0 fully saturated rings. The number of nitriles is 1. The Kier molecular flexibility index (Phi) is 3.11. The van der Waals surface area contributed by atoms with Crippen LogP contribution in [0.15, 0.2) is 18.2 Å². The Morgan fingerprint density at radius 2 is 2.14 bits per heavy atom. The summed E-state index contributed by atoms with van der Waals surface area (Å²) in [6, 6.07) is 6.26. The molecular weight excluding hydrogens is 224 g/mol. The van der Waals surface area contributed by atoms with Crippen LogP contribution in [0.3, 0.4) is 0 Å². The Morgan fingerprint density at radius 3 is 2.57 bits per heavy atom. The molecule has 0 saturated carbocycles. The fourth-order valence-corrected chi connectivity index (χ4v) is 1.86. The molecule has 0 heterocycles. The van der Waals surface area contributed by atoms with Gasteiger partial charge >= 0.3 is 0 Å². The fourth-order valence-electron chi connectivity index (χ4n) is 0.971. The number of hydrogen-bond donors (Lipinski definition) is 1. The molecular formula is C8H7ClN2O2S. The normalized spacial score (nSPS) is 10.9. The lowest BCUT2D eigenvalue weighted by Crippen LogP contribution is -2.14. The maximum atomic E-state index is 10.7. The lowest BCUT2D eigenvalue weighted by atomic mass is 10.2. The van der Waals surface area contributed by atoms with Crippen LogP contribution in [0.5, 0.6) is 0 Å². The minimum Gasteiger partial charge on any atom is -0.228 e. The van der Waals surface area contributed by atoms with Crippen molar-refractivity contribution in [1.82, 2.24) is 0 Å². The quantitative estimate of drug-likeness (QED) is 0.823. The van der Waals surface area contributed by atoms with Crippen molar-refractivity contribution >= 4 is 21.6 Å². The first-order chi connectivity index (χ1) is 6.42. The first-order valence-electron chi connectivity index (χ1n) is 3.61. The highest BCUT2D eigenvalue weighted by atomic mass is 35.5. The molecule has 6 heteroatoms. The maximum absolute atomic E-state index is 10.7. The van der Waals surface area contributed by atoms with Gasteiger partial charge in [0.05, 0.1) is 16.3 Å². The predicted molar refractivity (Wildman–Crippen MR) is 53.0 cm³/mol. The van der Waals surface area contributed by atoms with Crippen molar-refractivity contribution in [3.05, 3.63) is 34.3 Å². The molecule has 0 aliphatic carbocycles. The van der Waals surface area contributed by atoms with Crippen LogP contribution in [0, 0.1) is 11.3 Å². The topological polar surface area (TPSA) is 83.9 Å². The van der Waals surface area contributed by atoms with Gasteiger partial charge in [-0.1, -0.05) is 17.7 Å². The predicted octanol–water partition coefficient (Wildman–Crippen LogP) is 1.00. The van der Waals surface area contributed by atoms with Gasteiger partial charge in [0.2, 0.25) is 10.0 Å². The van der Waals surface area contributed by atoms with Crippen LogP contribution >= 0.6 is 11.6 Å². The minimum atomic E-state index is -3.56. The highest BCUT2D eigenvalue weighted by molar-refractivity contribution is 7.88. The molecule has 0 radical (unpaired) electrons.